The van der Waals surface area contributed by atoms with Gasteiger partial charge in [-0.15, -0.1) is 0 Å². The minimum atomic E-state index is 0.189. The highest BCUT2D eigenvalue weighted by Gasteiger charge is 2.28. The number of carbonyl (C=O) groups excluding carboxylic acids is 1. The average molecular weight is 289 g/mol. The Labute approximate surface area is 128 Å². The lowest BCUT2D eigenvalue weighted by molar-refractivity contribution is -0.643. The van der Waals surface area contributed by atoms with E-state index in [2.05, 4.69) is 48.7 Å². The van der Waals surface area contributed by atoms with E-state index in [0.29, 0.717) is 18.5 Å². The maximum atomic E-state index is 12.0. The third-order valence-electron chi connectivity index (χ3n) is 4.86. The summed E-state index contributed by atoms with van der Waals surface area (Å²) < 4.78 is 0. The summed E-state index contributed by atoms with van der Waals surface area (Å²) in [6.45, 7) is 6.08. The summed E-state index contributed by atoms with van der Waals surface area (Å²) >= 11 is 0. The SMILES string of the molecule is C[C@@H]1[C@H](C)CCC[C@H]1NC(=O)C[NH2+]CCc1ccccc1. The molecule has 1 saturated carbocycles. The summed E-state index contributed by atoms with van der Waals surface area (Å²) in [5, 5.41) is 5.34. The molecule has 0 saturated heterocycles. The second kappa shape index (κ2) is 8.18. The molecule has 1 aliphatic carbocycles. The number of rotatable bonds is 6. The molecule has 0 bridgehead atoms. The monoisotopic (exact) mass is 289 g/mol. The van der Waals surface area contributed by atoms with Crippen LogP contribution in [0.4, 0.5) is 0 Å². The van der Waals surface area contributed by atoms with Crippen molar-refractivity contribution in [3.05, 3.63) is 35.9 Å². The van der Waals surface area contributed by atoms with Gasteiger partial charge in [-0.1, -0.05) is 57.0 Å². The Morgan fingerprint density at radius 3 is 2.76 bits per heavy atom. The number of hydrogen-bond acceptors (Lipinski definition) is 1. The zero-order valence-corrected chi connectivity index (χ0v) is 13.3. The van der Waals surface area contributed by atoms with Gasteiger partial charge in [0.05, 0.1) is 6.54 Å². The Morgan fingerprint density at radius 2 is 2.00 bits per heavy atom. The van der Waals surface area contributed by atoms with E-state index < -0.39 is 0 Å². The second-order valence-electron chi connectivity index (χ2n) is 6.46. The number of benzene rings is 1. The van der Waals surface area contributed by atoms with Crippen LogP contribution in [0.1, 0.15) is 38.7 Å². The highest BCUT2D eigenvalue weighted by molar-refractivity contribution is 5.77. The quantitative estimate of drug-likeness (QED) is 0.770. The third kappa shape index (κ3) is 5.16. The summed E-state index contributed by atoms with van der Waals surface area (Å²) in [6, 6.07) is 10.8. The topological polar surface area (TPSA) is 45.7 Å². The molecule has 0 unspecified atom stereocenters. The van der Waals surface area contributed by atoms with E-state index >= 15 is 0 Å². The molecule has 0 aliphatic heterocycles. The van der Waals surface area contributed by atoms with E-state index in [1.165, 1.54) is 18.4 Å². The molecule has 0 spiro atoms. The Bertz CT molecular complexity index is 432. The maximum absolute atomic E-state index is 12.0. The van der Waals surface area contributed by atoms with Crippen LogP contribution in [0.2, 0.25) is 0 Å². The largest absolute Gasteiger partial charge is 0.348 e. The zero-order valence-electron chi connectivity index (χ0n) is 13.3. The average Bonchev–Trinajstić information content (AvgIpc) is 2.49. The first-order chi connectivity index (χ1) is 10.2. The summed E-state index contributed by atoms with van der Waals surface area (Å²) in [5.41, 5.74) is 1.34. The molecule has 0 aromatic heterocycles. The first kappa shape index (κ1) is 16.0. The molecule has 21 heavy (non-hydrogen) atoms. The number of amides is 1. The van der Waals surface area contributed by atoms with Crippen molar-refractivity contribution in [3.8, 4) is 0 Å². The molecular weight excluding hydrogens is 260 g/mol. The van der Waals surface area contributed by atoms with Gasteiger partial charge in [0, 0.05) is 12.5 Å². The van der Waals surface area contributed by atoms with Crippen molar-refractivity contribution in [2.45, 2.75) is 45.6 Å². The zero-order chi connectivity index (χ0) is 15.1. The molecule has 0 radical (unpaired) electrons. The van der Waals surface area contributed by atoms with E-state index in [9.17, 15) is 4.79 Å². The van der Waals surface area contributed by atoms with Gasteiger partial charge >= 0.3 is 0 Å². The van der Waals surface area contributed by atoms with Crippen LogP contribution in [0.25, 0.3) is 0 Å². The Kier molecular flexibility index (Phi) is 6.24. The molecule has 116 valence electrons. The van der Waals surface area contributed by atoms with E-state index in [-0.39, 0.29) is 5.91 Å². The summed E-state index contributed by atoms with van der Waals surface area (Å²) in [4.78, 5) is 12.0. The first-order valence-corrected chi connectivity index (χ1v) is 8.31. The summed E-state index contributed by atoms with van der Waals surface area (Å²) in [5.74, 6) is 1.52. The fourth-order valence-corrected chi connectivity index (χ4v) is 3.20. The van der Waals surface area contributed by atoms with Crippen LogP contribution in [-0.2, 0) is 11.2 Å². The number of nitrogens with two attached hydrogens (primary N) is 1. The highest BCUT2D eigenvalue weighted by Crippen LogP contribution is 2.29. The maximum Gasteiger partial charge on any atom is 0.275 e. The predicted octanol–water partition coefficient (Wildman–Crippen LogP) is 1.73. The van der Waals surface area contributed by atoms with Crippen LogP contribution in [0.5, 0.6) is 0 Å². The van der Waals surface area contributed by atoms with Crippen molar-refractivity contribution in [2.24, 2.45) is 11.8 Å². The number of carbonyl (C=O) groups is 1. The van der Waals surface area contributed by atoms with Crippen LogP contribution in [0, 0.1) is 11.8 Å². The molecule has 3 heteroatoms. The van der Waals surface area contributed by atoms with E-state index in [0.717, 1.165) is 25.3 Å². The second-order valence-corrected chi connectivity index (χ2v) is 6.46. The van der Waals surface area contributed by atoms with Gasteiger partial charge < -0.3 is 10.6 Å². The fraction of sp³-hybridized carbons (Fsp3) is 0.611. The molecule has 1 amide bonds. The van der Waals surface area contributed by atoms with Crippen LogP contribution in [0.15, 0.2) is 30.3 Å². The van der Waals surface area contributed by atoms with Crippen molar-refractivity contribution >= 4 is 5.91 Å². The number of nitrogens with one attached hydrogen (secondary N) is 1. The Morgan fingerprint density at radius 1 is 1.24 bits per heavy atom. The number of quaternary nitrogens is 1. The van der Waals surface area contributed by atoms with Crippen LogP contribution < -0.4 is 10.6 Å². The number of hydrogen-bond donors (Lipinski definition) is 2. The van der Waals surface area contributed by atoms with Crippen molar-refractivity contribution in [1.82, 2.24) is 5.32 Å². The lowest BCUT2D eigenvalue weighted by atomic mass is 9.78. The molecule has 3 atom stereocenters. The van der Waals surface area contributed by atoms with Gasteiger partial charge in [-0.25, -0.2) is 0 Å². The molecule has 1 fully saturated rings. The predicted molar refractivity (Wildman–Crippen MR) is 85.9 cm³/mol. The van der Waals surface area contributed by atoms with Gasteiger partial charge in [-0.05, 0) is 23.8 Å². The fourth-order valence-electron chi connectivity index (χ4n) is 3.20. The van der Waals surface area contributed by atoms with Gasteiger partial charge in [0.25, 0.3) is 5.91 Å². The van der Waals surface area contributed by atoms with E-state index in [1.54, 1.807) is 0 Å². The minimum absolute atomic E-state index is 0.189. The van der Waals surface area contributed by atoms with Crippen LogP contribution >= 0.6 is 0 Å². The molecular formula is C18H29N2O+. The van der Waals surface area contributed by atoms with E-state index in [4.69, 9.17) is 0 Å². The van der Waals surface area contributed by atoms with Crippen molar-refractivity contribution in [2.75, 3.05) is 13.1 Å². The Balaban J connectivity index is 1.63. The molecule has 3 nitrogen and oxygen atoms in total. The molecule has 0 heterocycles. The van der Waals surface area contributed by atoms with Gasteiger partial charge in [0.1, 0.15) is 0 Å². The minimum Gasteiger partial charge on any atom is -0.348 e. The van der Waals surface area contributed by atoms with Crippen LogP contribution in [0.3, 0.4) is 0 Å². The molecule has 1 aliphatic rings. The van der Waals surface area contributed by atoms with Crippen molar-refractivity contribution < 1.29 is 10.1 Å². The van der Waals surface area contributed by atoms with Gasteiger partial charge in [-0.3, -0.25) is 4.79 Å². The highest BCUT2D eigenvalue weighted by atomic mass is 16.1. The van der Waals surface area contributed by atoms with Gasteiger partial charge in [0.2, 0.25) is 0 Å². The standard InChI is InChI=1S/C18H28N2O/c1-14-7-6-10-17(15(14)2)20-18(21)13-19-12-11-16-8-4-3-5-9-16/h3-5,8-9,14-15,17,19H,6-7,10-13H2,1-2H3,(H,20,21)/p+1/t14-,15-,17-/m1/s1. The first-order valence-electron chi connectivity index (χ1n) is 8.31. The molecule has 1 aromatic carbocycles. The molecule has 1 aromatic rings. The Hall–Kier alpha value is -1.35. The normalized spacial score (nSPS) is 25.5. The summed E-state index contributed by atoms with van der Waals surface area (Å²) in [6.07, 6.45) is 4.71. The summed E-state index contributed by atoms with van der Waals surface area (Å²) in [7, 11) is 0. The van der Waals surface area contributed by atoms with Gasteiger partial charge in [-0.2, -0.15) is 0 Å². The molecule has 2 rings (SSSR count). The van der Waals surface area contributed by atoms with Gasteiger partial charge in [0.15, 0.2) is 6.54 Å². The molecule has 3 N–H and O–H groups in total. The van der Waals surface area contributed by atoms with E-state index in [1.807, 2.05) is 6.07 Å². The smallest absolute Gasteiger partial charge is 0.275 e. The van der Waals surface area contributed by atoms with Crippen molar-refractivity contribution in [1.29, 1.82) is 0 Å². The lowest BCUT2D eigenvalue weighted by Gasteiger charge is -2.34. The lowest BCUT2D eigenvalue weighted by Crippen LogP contribution is -2.87. The van der Waals surface area contributed by atoms with Crippen molar-refractivity contribution in [3.63, 3.8) is 0 Å². The third-order valence-corrected chi connectivity index (χ3v) is 4.86. The van der Waals surface area contributed by atoms with Crippen LogP contribution in [-0.4, -0.2) is 25.0 Å².